The molecular formula is C24H29FN4O2. The first kappa shape index (κ1) is 21.5. The highest BCUT2D eigenvalue weighted by molar-refractivity contribution is 6.05. The molecular weight excluding hydrogens is 395 g/mol. The van der Waals surface area contributed by atoms with Gasteiger partial charge in [-0.1, -0.05) is 31.2 Å². The minimum Gasteiger partial charge on any atom is -0.496 e. The SMILES string of the molecule is CCN1CCN(CC(=O)N2N=C(c3ccccc3OC)C[C@@H]2c2cccc(F)c2)CC1. The van der Waals surface area contributed by atoms with Crippen LogP contribution in [0.5, 0.6) is 5.75 Å². The van der Waals surface area contributed by atoms with Crippen molar-refractivity contribution >= 4 is 11.6 Å². The van der Waals surface area contributed by atoms with Gasteiger partial charge in [-0.05, 0) is 36.4 Å². The zero-order valence-electron chi connectivity index (χ0n) is 18.1. The van der Waals surface area contributed by atoms with Gasteiger partial charge >= 0.3 is 0 Å². The van der Waals surface area contributed by atoms with Gasteiger partial charge in [0.1, 0.15) is 11.6 Å². The van der Waals surface area contributed by atoms with E-state index in [-0.39, 0.29) is 17.8 Å². The third kappa shape index (κ3) is 4.78. The zero-order valence-corrected chi connectivity index (χ0v) is 18.1. The highest BCUT2D eigenvalue weighted by Crippen LogP contribution is 2.35. The van der Waals surface area contributed by atoms with E-state index in [1.807, 2.05) is 30.3 Å². The number of para-hydroxylation sites is 1. The fraction of sp³-hybridized carbons (Fsp3) is 0.417. The lowest BCUT2D eigenvalue weighted by Crippen LogP contribution is -2.49. The minimum atomic E-state index is -0.333. The van der Waals surface area contributed by atoms with Crippen molar-refractivity contribution in [2.24, 2.45) is 5.10 Å². The lowest BCUT2D eigenvalue weighted by Gasteiger charge is -2.34. The Morgan fingerprint density at radius 1 is 1.10 bits per heavy atom. The average Bonchev–Trinajstić information content (AvgIpc) is 3.25. The smallest absolute Gasteiger partial charge is 0.257 e. The fourth-order valence-electron chi connectivity index (χ4n) is 4.29. The average molecular weight is 425 g/mol. The Morgan fingerprint density at radius 2 is 1.84 bits per heavy atom. The van der Waals surface area contributed by atoms with E-state index in [9.17, 15) is 9.18 Å². The highest BCUT2D eigenvalue weighted by Gasteiger charge is 2.35. The number of hydrogen-bond donors (Lipinski definition) is 0. The topological polar surface area (TPSA) is 48.4 Å². The molecule has 0 saturated carbocycles. The number of hydrogen-bond acceptors (Lipinski definition) is 5. The number of carbonyl (C=O) groups is 1. The van der Waals surface area contributed by atoms with Crippen molar-refractivity contribution in [3.05, 3.63) is 65.5 Å². The summed E-state index contributed by atoms with van der Waals surface area (Å²) in [4.78, 5) is 17.9. The van der Waals surface area contributed by atoms with E-state index in [4.69, 9.17) is 9.84 Å². The van der Waals surface area contributed by atoms with Crippen molar-refractivity contribution in [1.82, 2.24) is 14.8 Å². The second-order valence-corrected chi connectivity index (χ2v) is 7.97. The van der Waals surface area contributed by atoms with Crippen LogP contribution in [0.4, 0.5) is 4.39 Å². The predicted molar refractivity (Wildman–Crippen MR) is 119 cm³/mol. The zero-order chi connectivity index (χ0) is 21.8. The van der Waals surface area contributed by atoms with E-state index in [2.05, 4.69) is 16.7 Å². The van der Waals surface area contributed by atoms with Gasteiger partial charge in [-0.15, -0.1) is 0 Å². The van der Waals surface area contributed by atoms with Crippen LogP contribution >= 0.6 is 0 Å². The van der Waals surface area contributed by atoms with E-state index in [0.29, 0.717) is 18.7 Å². The summed E-state index contributed by atoms with van der Waals surface area (Å²) >= 11 is 0. The number of nitrogens with zero attached hydrogens (tertiary/aromatic N) is 4. The van der Waals surface area contributed by atoms with Crippen LogP contribution in [-0.4, -0.2) is 72.8 Å². The maximum atomic E-state index is 14.0. The largest absolute Gasteiger partial charge is 0.496 e. The molecule has 2 heterocycles. The van der Waals surface area contributed by atoms with E-state index in [0.717, 1.165) is 49.6 Å². The Balaban J connectivity index is 1.59. The van der Waals surface area contributed by atoms with Crippen LogP contribution in [-0.2, 0) is 4.79 Å². The standard InChI is InChI=1S/C24H29FN4O2/c1-3-27-11-13-28(14-12-27)17-24(30)29-22(18-7-6-8-19(25)15-18)16-21(26-29)20-9-4-5-10-23(20)31-2/h4-10,15,22H,3,11-14,16-17H2,1-2H3/t22-/m1/s1. The van der Waals surface area contributed by atoms with Gasteiger partial charge in [0, 0.05) is 38.2 Å². The second-order valence-electron chi connectivity index (χ2n) is 7.97. The van der Waals surface area contributed by atoms with Gasteiger partial charge in [-0.25, -0.2) is 9.40 Å². The molecule has 31 heavy (non-hydrogen) atoms. The molecule has 0 aromatic heterocycles. The number of amides is 1. The summed E-state index contributed by atoms with van der Waals surface area (Å²) in [5, 5.41) is 6.26. The monoisotopic (exact) mass is 424 g/mol. The maximum Gasteiger partial charge on any atom is 0.257 e. The first-order valence-corrected chi connectivity index (χ1v) is 10.8. The lowest BCUT2D eigenvalue weighted by atomic mass is 9.98. The van der Waals surface area contributed by atoms with E-state index < -0.39 is 0 Å². The Labute approximate surface area is 182 Å². The predicted octanol–water partition coefficient (Wildman–Crippen LogP) is 3.15. The van der Waals surface area contributed by atoms with Crippen molar-refractivity contribution in [3.63, 3.8) is 0 Å². The van der Waals surface area contributed by atoms with Crippen LogP contribution in [0, 0.1) is 5.82 Å². The van der Waals surface area contributed by atoms with Crippen molar-refractivity contribution in [3.8, 4) is 5.75 Å². The van der Waals surface area contributed by atoms with Crippen molar-refractivity contribution in [1.29, 1.82) is 0 Å². The van der Waals surface area contributed by atoms with E-state index >= 15 is 0 Å². The van der Waals surface area contributed by atoms with E-state index in [1.165, 1.54) is 12.1 Å². The molecule has 1 saturated heterocycles. The molecule has 2 aliphatic heterocycles. The van der Waals surface area contributed by atoms with Gasteiger partial charge in [-0.2, -0.15) is 5.10 Å². The minimum absolute atomic E-state index is 0.0656. The lowest BCUT2D eigenvalue weighted by molar-refractivity contribution is -0.134. The summed E-state index contributed by atoms with van der Waals surface area (Å²) in [7, 11) is 1.62. The Hall–Kier alpha value is -2.77. The summed E-state index contributed by atoms with van der Waals surface area (Å²) in [6, 6.07) is 13.8. The molecule has 1 fully saturated rings. The summed E-state index contributed by atoms with van der Waals surface area (Å²) in [6.07, 6.45) is 0.513. The summed E-state index contributed by atoms with van der Waals surface area (Å²) in [5.74, 6) is 0.333. The summed E-state index contributed by atoms with van der Waals surface area (Å²) in [5.41, 5.74) is 2.38. The number of methoxy groups -OCH3 is 1. The highest BCUT2D eigenvalue weighted by atomic mass is 19.1. The van der Waals surface area contributed by atoms with Crippen LogP contribution in [0.3, 0.4) is 0 Å². The molecule has 7 heteroatoms. The van der Waals surface area contributed by atoms with Crippen LogP contribution in [0.25, 0.3) is 0 Å². The summed E-state index contributed by atoms with van der Waals surface area (Å²) in [6.45, 7) is 7.15. The number of likely N-dealkylation sites (N-methyl/N-ethyl adjacent to an activating group) is 1. The molecule has 0 aliphatic carbocycles. The molecule has 1 amide bonds. The van der Waals surface area contributed by atoms with Gasteiger partial charge in [0.2, 0.25) is 0 Å². The van der Waals surface area contributed by atoms with Gasteiger partial charge in [0.15, 0.2) is 0 Å². The number of ether oxygens (including phenoxy) is 1. The fourth-order valence-corrected chi connectivity index (χ4v) is 4.29. The molecule has 164 valence electrons. The molecule has 2 aromatic carbocycles. The quantitative estimate of drug-likeness (QED) is 0.715. The second kappa shape index (κ2) is 9.58. The first-order valence-electron chi connectivity index (χ1n) is 10.8. The van der Waals surface area contributed by atoms with Crippen molar-refractivity contribution in [2.75, 3.05) is 46.4 Å². The van der Waals surface area contributed by atoms with Crippen LogP contribution in [0.2, 0.25) is 0 Å². The molecule has 6 nitrogen and oxygen atoms in total. The molecule has 2 aliphatic rings. The molecule has 1 atom stereocenters. The number of hydrazone groups is 1. The van der Waals surface area contributed by atoms with Crippen molar-refractivity contribution in [2.45, 2.75) is 19.4 Å². The number of rotatable bonds is 6. The third-order valence-electron chi connectivity index (χ3n) is 6.09. The number of halogens is 1. The van der Waals surface area contributed by atoms with Crippen LogP contribution in [0.1, 0.15) is 30.5 Å². The molecule has 0 unspecified atom stereocenters. The Kier molecular flexibility index (Phi) is 6.63. The van der Waals surface area contributed by atoms with Gasteiger partial charge in [0.25, 0.3) is 5.91 Å². The number of piperazine rings is 1. The molecule has 0 spiro atoms. The van der Waals surface area contributed by atoms with Gasteiger partial charge in [0.05, 0.1) is 25.4 Å². The molecule has 4 rings (SSSR count). The number of carbonyl (C=O) groups excluding carboxylic acids is 1. The molecule has 0 radical (unpaired) electrons. The number of benzene rings is 2. The Morgan fingerprint density at radius 3 is 2.55 bits per heavy atom. The first-order chi connectivity index (χ1) is 15.1. The maximum absolute atomic E-state index is 14.0. The molecule has 0 N–H and O–H groups in total. The van der Waals surface area contributed by atoms with Crippen LogP contribution < -0.4 is 4.74 Å². The van der Waals surface area contributed by atoms with Gasteiger partial charge < -0.3 is 9.64 Å². The van der Waals surface area contributed by atoms with E-state index in [1.54, 1.807) is 18.2 Å². The Bertz CT molecular complexity index is 956. The van der Waals surface area contributed by atoms with Gasteiger partial charge in [-0.3, -0.25) is 9.69 Å². The van der Waals surface area contributed by atoms with Crippen LogP contribution in [0.15, 0.2) is 53.6 Å². The third-order valence-corrected chi connectivity index (χ3v) is 6.09. The normalized spacial score (nSPS) is 20.0. The molecule has 0 bridgehead atoms. The molecule has 2 aromatic rings. The summed E-state index contributed by atoms with van der Waals surface area (Å²) < 4.78 is 19.5. The van der Waals surface area contributed by atoms with Crippen molar-refractivity contribution < 1.29 is 13.9 Å².